The van der Waals surface area contributed by atoms with Gasteiger partial charge in [-0.05, 0) is 36.8 Å². The lowest BCUT2D eigenvalue weighted by Crippen LogP contribution is -2.14. The Morgan fingerprint density at radius 1 is 1.21 bits per heavy atom. The summed E-state index contributed by atoms with van der Waals surface area (Å²) in [6.07, 6.45) is 2.86. The van der Waals surface area contributed by atoms with Gasteiger partial charge in [0.2, 0.25) is 5.82 Å². The summed E-state index contributed by atoms with van der Waals surface area (Å²) in [5.41, 5.74) is 0.369. The molecule has 0 bridgehead atoms. The average Bonchev–Trinajstić information content (AvgIpc) is 2.42. The summed E-state index contributed by atoms with van der Waals surface area (Å²) in [6, 6.07) is 3.07. The third-order valence-corrected chi connectivity index (χ3v) is 3.52. The van der Waals surface area contributed by atoms with Crippen molar-refractivity contribution in [3.05, 3.63) is 29.3 Å². The monoisotopic (exact) mass is 268 g/mol. The van der Waals surface area contributed by atoms with Gasteiger partial charge in [-0.1, -0.05) is 13.0 Å². The van der Waals surface area contributed by atoms with E-state index in [-0.39, 0.29) is 17.5 Å². The minimum atomic E-state index is -0.914. The summed E-state index contributed by atoms with van der Waals surface area (Å²) in [5.74, 6) is -1.63. The topological polar surface area (TPSA) is 26.3 Å². The minimum Gasteiger partial charge on any atom is -0.490 e. The highest BCUT2D eigenvalue weighted by atomic mass is 19.2. The van der Waals surface area contributed by atoms with E-state index in [1.165, 1.54) is 6.07 Å². The zero-order valence-corrected chi connectivity index (χ0v) is 11.0. The number of carbonyl (C=O) groups is 1. The molecule has 0 unspecified atom stereocenters. The van der Waals surface area contributed by atoms with Gasteiger partial charge in [-0.3, -0.25) is 4.79 Å². The van der Waals surface area contributed by atoms with Crippen LogP contribution in [0.2, 0.25) is 0 Å². The average molecular weight is 268 g/mol. The number of hydrogen-bond donors (Lipinski definition) is 0. The zero-order valence-electron chi connectivity index (χ0n) is 11.0. The Balaban J connectivity index is 2.18. The molecule has 0 radical (unpaired) electrons. The third kappa shape index (κ3) is 3.11. The molecule has 2 nitrogen and oxygen atoms in total. The lowest BCUT2D eigenvalue weighted by molar-refractivity contribution is -0.120. The fourth-order valence-corrected chi connectivity index (χ4v) is 2.44. The number of benzene rings is 1. The van der Waals surface area contributed by atoms with Gasteiger partial charge < -0.3 is 4.74 Å². The van der Waals surface area contributed by atoms with Crippen molar-refractivity contribution < 1.29 is 18.3 Å². The smallest absolute Gasteiger partial charge is 0.200 e. The van der Waals surface area contributed by atoms with Gasteiger partial charge in [0.25, 0.3) is 0 Å². The van der Waals surface area contributed by atoms with Crippen LogP contribution in [0.15, 0.2) is 12.1 Å². The van der Waals surface area contributed by atoms with Gasteiger partial charge in [-0.2, -0.15) is 4.39 Å². The molecule has 1 fully saturated rings. The Hall–Kier alpha value is -1.45. The Morgan fingerprint density at radius 2 is 1.89 bits per heavy atom. The van der Waals surface area contributed by atoms with Gasteiger partial charge in [0, 0.05) is 12.8 Å². The number of Topliss-reactive ketones (excluding diaryl/α,β-unsaturated/α-hetero) is 1. The zero-order chi connectivity index (χ0) is 13.8. The van der Waals surface area contributed by atoms with Crippen molar-refractivity contribution in [2.24, 2.45) is 0 Å². The Kier molecular flexibility index (Phi) is 4.51. The highest BCUT2D eigenvalue weighted by Gasteiger charge is 2.25. The second-order valence-electron chi connectivity index (χ2n) is 4.94. The van der Waals surface area contributed by atoms with Gasteiger partial charge in [0.15, 0.2) is 11.6 Å². The molecule has 0 N–H and O–H groups in total. The molecule has 0 aromatic heterocycles. The van der Waals surface area contributed by atoms with E-state index >= 15 is 0 Å². The van der Waals surface area contributed by atoms with Crippen molar-refractivity contribution in [1.82, 2.24) is 0 Å². The van der Waals surface area contributed by atoms with Crippen molar-refractivity contribution >= 4 is 5.78 Å². The number of ketones is 1. The second-order valence-corrected chi connectivity index (χ2v) is 4.94. The van der Waals surface area contributed by atoms with Crippen molar-refractivity contribution in [2.75, 3.05) is 6.61 Å². The fourth-order valence-electron chi connectivity index (χ4n) is 2.44. The molecule has 4 heteroatoms. The van der Waals surface area contributed by atoms with E-state index in [0.717, 1.165) is 6.42 Å². The Labute approximate surface area is 111 Å². The van der Waals surface area contributed by atoms with Crippen LogP contribution in [0.25, 0.3) is 0 Å². The van der Waals surface area contributed by atoms with Crippen LogP contribution < -0.4 is 4.74 Å². The molecule has 1 aromatic carbocycles. The normalized spacial score (nSPS) is 16.7. The van der Waals surface area contributed by atoms with Crippen LogP contribution in [0.5, 0.6) is 5.75 Å². The molecular weight excluding hydrogens is 250 g/mol. The van der Waals surface area contributed by atoms with Gasteiger partial charge in [-0.15, -0.1) is 0 Å². The molecule has 0 saturated heterocycles. The first-order chi connectivity index (χ1) is 9.13. The molecule has 1 aliphatic carbocycles. The molecule has 0 atom stereocenters. The lowest BCUT2D eigenvalue weighted by atomic mass is 9.83. The van der Waals surface area contributed by atoms with E-state index in [1.807, 2.05) is 6.92 Å². The van der Waals surface area contributed by atoms with Gasteiger partial charge in [0.05, 0.1) is 6.61 Å². The van der Waals surface area contributed by atoms with E-state index in [2.05, 4.69) is 0 Å². The van der Waals surface area contributed by atoms with E-state index in [4.69, 9.17) is 4.74 Å². The predicted molar refractivity (Wildman–Crippen MR) is 68.4 cm³/mol. The first-order valence-corrected chi connectivity index (χ1v) is 6.75. The Morgan fingerprint density at radius 3 is 2.53 bits per heavy atom. The molecule has 19 heavy (non-hydrogen) atoms. The number of halogens is 2. The van der Waals surface area contributed by atoms with Crippen LogP contribution in [0.3, 0.4) is 0 Å². The first-order valence-electron chi connectivity index (χ1n) is 6.75. The Bertz CT molecular complexity index is 461. The van der Waals surface area contributed by atoms with E-state index < -0.39 is 11.6 Å². The van der Waals surface area contributed by atoms with E-state index in [0.29, 0.717) is 37.9 Å². The molecule has 0 heterocycles. The summed E-state index contributed by atoms with van der Waals surface area (Å²) in [5, 5.41) is 0. The third-order valence-electron chi connectivity index (χ3n) is 3.52. The van der Waals surface area contributed by atoms with E-state index in [1.54, 1.807) is 6.07 Å². The number of rotatable bonds is 4. The van der Waals surface area contributed by atoms with Crippen molar-refractivity contribution in [2.45, 2.75) is 44.9 Å². The molecule has 104 valence electrons. The number of ether oxygens (including phenoxy) is 1. The molecule has 1 saturated carbocycles. The lowest BCUT2D eigenvalue weighted by Gasteiger charge is -2.22. The van der Waals surface area contributed by atoms with Crippen LogP contribution in [-0.2, 0) is 4.79 Å². The summed E-state index contributed by atoms with van der Waals surface area (Å²) < 4.78 is 33.0. The van der Waals surface area contributed by atoms with E-state index in [9.17, 15) is 13.6 Å². The summed E-state index contributed by atoms with van der Waals surface area (Å²) in [7, 11) is 0. The molecule has 0 spiro atoms. The molecule has 1 aromatic rings. The molecule has 0 aliphatic heterocycles. The molecule has 1 aliphatic rings. The SMILES string of the molecule is CCCOc1ccc(C2CCC(=O)CC2)c(F)c1F. The van der Waals surface area contributed by atoms with Crippen molar-refractivity contribution in [3.63, 3.8) is 0 Å². The predicted octanol–water partition coefficient (Wildman–Crippen LogP) is 3.98. The number of carbonyl (C=O) groups excluding carboxylic acids is 1. The molecule has 0 amide bonds. The maximum Gasteiger partial charge on any atom is 0.200 e. The summed E-state index contributed by atoms with van der Waals surface area (Å²) in [6.45, 7) is 2.27. The highest BCUT2D eigenvalue weighted by Crippen LogP contribution is 2.35. The summed E-state index contributed by atoms with van der Waals surface area (Å²) in [4.78, 5) is 11.2. The van der Waals surface area contributed by atoms with Gasteiger partial charge in [0.1, 0.15) is 5.78 Å². The van der Waals surface area contributed by atoms with Crippen LogP contribution in [0.1, 0.15) is 50.5 Å². The van der Waals surface area contributed by atoms with Crippen LogP contribution in [-0.4, -0.2) is 12.4 Å². The van der Waals surface area contributed by atoms with Gasteiger partial charge >= 0.3 is 0 Å². The maximum absolute atomic E-state index is 14.0. The second kappa shape index (κ2) is 6.13. The van der Waals surface area contributed by atoms with Gasteiger partial charge in [-0.25, -0.2) is 4.39 Å². The van der Waals surface area contributed by atoms with Crippen molar-refractivity contribution in [3.8, 4) is 5.75 Å². The molecular formula is C15H18F2O2. The van der Waals surface area contributed by atoms with Crippen LogP contribution in [0.4, 0.5) is 8.78 Å². The highest BCUT2D eigenvalue weighted by molar-refractivity contribution is 5.79. The van der Waals surface area contributed by atoms with Crippen molar-refractivity contribution in [1.29, 1.82) is 0 Å². The summed E-state index contributed by atoms with van der Waals surface area (Å²) >= 11 is 0. The fraction of sp³-hybridized carbons (Fsp3) is 0.533. The first kappa shape index (κ1) is 14.0. The van der Waals surface area contributed by atoms with Crippen LogP contribution in [0, 0.1) is 11.6 Å². The standard InChI is InChI=1S/C15H18F2O2/c1-2-9-19-13-8-7-12(14(16)15(13)17)10-3-5-11(18)6-4-10/h7-8,10H,2-6,9H2,1H3. The minimum absolute atomic E-state index is 0.0324. The van der Waals surface area contributed by atoms with Crippen LogP contribution >= 0.6 is 0 Å². The quantitative estimate of drug-likeness (QED) is 0.825. The molecule has 2 rings (SSSR count). The largest absolute Gasteiger partial charge is 0.490 e. The number of hydrogen-bond acceptors (Lipinski definition) is 2. The maximum atomic E-state index is 14.0.